The molecule has 0 spiro atoms. The SMILES string of the molecule is OCc1ccc(CN2CC[C@@H](c3ccnc(-c4cccnc4)c3)C2)o1. The Labute approximate surface area is 147 Å². The molecule has 1 N–H and O–H groups in total. The Morgan fingerprint density at radius 1 is 1.16 bits per heavy atom. The van der Waals surface area contributed by atoms with Gasteiger partial charge in [0.25, 0.3) is 0 Å². The molecule has 0 amide bonds. The summed E-state index contributed by atoms with van der Waals surface area (Å²) in [5, 5.41) is 9.10. The van der Waals surface area contributed by atoms with Crippen molar-refractivity contribution < 1.29 is 9.52 Å². The number of hydrogen-bond acceptors (Lipinski definition) is 5. The summed E-state index contributed by atoms with van der Waals surface area (Å²) in [5.41, 5.74) is 3.35. The fraction of sp³-hybridized carbons (Fsp3) is 0.300. The molecular formula is C20H21N3O2. The molecule has 4 rings (SSSR count). The van der Waals surface area contributed by atoms with Crippen molar-refractivity contribution in [2.75, 3.05) is 13.1 Å². The van der Waals surface area contributed by atoms with E-state index in [0.29, 0.717) is 11.7 Å². The van der Waals surface area contributed by atoms with Crippen LogP contribution < -0.4 is 0 Å². The van der Waals surface area contributed by atoms with E-state index >= 15 is 0 Å². The number of hydrogen-bond donors (Lipinski definition) is 1. The van der Waals surface area contributed by atoms with Crippen LogP contribution in [0.5, 0.6) is 0 Å². The monoisotopic (exact) mass is 335 g/mol. The van der Waals surface area contributed by atoms with Crippen molar-refractivity contribution in [3.05, 3.63) is 72.1 Å². The minimum Gasteiger partial charge on any atom is -0.462 e. The summed E-state index contributed by atoms with van der Waals surface area (Å²) in [6.07, 6.45) is 6.65. The lowest BCUT2D eigenvalue weighted by Crippen LogP contribution is -2.19. The van der Waals surface area contributed by atoms with E-state index in [1.165, 1.54) is 5.56 Å². The first-order chi connectivity index (χ1) is 12.3. The number of furan rings is 1. The number of pyridine rings is 2. The predicted molar refractivity (Wildman–Crippen MR) is 94.7 cm³/mol. The summed E-state index contributed by atoms with van der Waals surface area (Å²) in [6, 6.07) is 12.1. The number of aliphatic hydroxyl groups is 1. The first-order valence-corrected chi connectivity index (χ1v) is 8.59. The van der Waals surface area contributed by atoms with E-state index < -0.39 is 0 Å². The fourth-order valence-corrected chi connectivity index (χ4v) is 3.43. The molecule has 5 heteroatoms. The van der Waals surface area contributed by atoms with Gasteiger partial charge in [-0.3, -0.25) is 14.9 Å². The van der Waals surface area contributed by atoms with Crippen molar-refractivity contribution in [1.29, 1.82) is 0 Å². The second-order valence-electron chi connectivity index (χ2n) is 6.46. The molecule has 1 aliphatic rings. The van der Waals surface area contributed by atoms with Gasteiger partial charge in [0.1, 0.15) is 18.1 Å². The van der Waals surface area contributed by atoms with Gasteiger partial charge in [-0.25, -0.2) is 0 Å². The van der Waals surface area contributed by atoms with E-state index in [1.807, 2.05) is 36.7 Å². The molecule has 0 saturated carbocycles. The highest BCUT2D eigenvalue weighted by atomic mass is 16.4. The summed E-state index contributed by atoms with van der Waals surface area (Å²) in [7, 11) is 0. The molecule has 0 aliphatic carbocycles. The highest BCUT2D eigenvalue weighted by Crippen LogP contribution is 2.30. The molecule has 0 aromatic carbocycles. The van der Waals surface area contributed by atoms with E-state index in [9.17, 15) is 0 Å². The topological polar surface area (TPSA) is 62.4 Å². The molecule has 0 unspecified atom stereocenters. The van der Waals surface area contributed by atoms with Gasteiger partial charge in [-0.05, 0) is 60.8 Å². The molecule has 0 bridgehead atoms. The zero-order chi connectivity index (χ0) is 17.1. The zero-order valence-corrected chi connectivity index (χ0v) is 14.0. The lowest BCUT2D eigenvalue weighted by Gasteiger charge is -2.15. The van der Waals surface area contributed by atoms with E-state index in [2.05, 4.69) is 27.0 Å². The smallest absolute Gasteiger partial charge is 0.129 e. The van der Waals surface area contributed by atoms with Crippen molar-refractivity contribution in [3.8, 4) is 11.3 Å². The molecule has 3 aromatic heterocycles. The number of aliphatic hydroxyl groups excluding tert-OH is 1. The molecule has 1 atom stereocenters. The lowest BCUT2D eigenvalue weighted by molar-refractivity contribution is 0.232. The zero-order valence-electron chi connectivity index (χ0n) is 14.0. The molecule has 4 heterocycles. The van der Waals surface area contributed by atoms with Crippen molar-refractivity contribution >= 4 is 0 Å². The summed E-state index contributed by atoms with van der Waals surface area (Å²) >= 11 is 0. The van der Waals surface area contributed by atoms with Gasteiger partial charge in [0.15, 0.2) is 0 Å². The third-order valence-electron chi connectivity index (χ3n) is 4.74. The third kappa shape index (κ3) is 3.62. The van der Waals surface area contributed by atoms with Crippen LogP contribution in [0.1, 0.15) is 29.4 Å². The van der Waals surface area contributed by atoms with Crippen LogP contribution in [0.2, 0.25) is 0 Å². The molecule has 1 aliphatic heterocycles. The van der Waals surface area contributed by atoms with Crippen LogP contribution in [0.15, 0.2) is 59.4 Å². The summed E-state index contributed by atoms with van der Waals surface area (Å²) in [6.45, 7) is 2.80. The van der Waals surface area contributed by atoms with E-state index in [1.54, 1.807) is 6.20 Å². The Kier molecular flexibility index (Phi) is 4.59. The molecule has 0 radical (unpaired) electrons. The van der Waals surface area contributed by atoms with Crippen LogP contribution in [-0.4, -0.2) is 33.1 Å². The quantitative estimate of drug-likeness (QED) is 0.776. The van der Waals surface area contributed by atoms with Gasteiger partial charge in [0, 0.05) is 30.7 Å². The Morgan fingerprint density at radius 2 is 2.08 bits per heavy atom. The molecule has 128 valence electrons. The molecule has 25 heavy (non-hydrogen) atoms. The van der Waals surface area contributed by atoms with Gasteiger partial charge in [-0.2, -0.15) is 0 Å². The van der Waals surface area contributed by atoms with Crippen molar-refractivity contribution in [3.63, 3.8) is 0 Å². The summed E-state index contributed by atoms with van der Waals surface area (Å²) < 4.78 is 5.60. The largest absolute Gasteiger partial charge is 0.462 e. The van der Waals surface area contributed by atoms with Crippen LogP contribution in [-0.2, 0) is 13.2 Å². The number of aromatic nitrogens is 2. The number of nitrogens with zero attached hydrogens (tertiary/aromatic N) is 3. The van der Waals surface area contributed by atoms with Crippen molar-refractivity contribution in [2.45, 2.75) is 25.5 Å². The second-order valence-corrected chi connectivity index (χ2v) is 6.46. The molecule has 3 aromatic rings. The van der Waals surface area contributed by atoms with Gasteiger partial charge >= 0.3 is 0 Å². The van der Waals surface area contributed by atoms with E-state index in [-0.39, 0.29) is 6.61 Å². The first-order valence-electron chi connectivity index (χ1n) is 8.59. The normalized spacial score (nSPS) is 17.9. The van der Waals surface area contributed by atoms with Gasteiger partial charge in [0.2, 0.25) is 0 Å². The lowest BCUT2D eigenvalue weighted by atomic mass is 9.98. The molecule has 1 fully saturated rings. The van der Waals surface area contributed by atoms with Crippen LogP contribution in [0, 0.1) is 0 Å². The average molecular weight is 335 g/mol. The van der Waals surface area contributed by atoms with Crippen LogP contribution >= 0.6 is 0 Å². The standard InChI is InChI=1S/C20H21N3O2/c24-14-19-4-3-18(25-19)13-23-9-6-17(12-23)15-5-8-22-20(10-15)16-2-1-7-21-11-16/h1-5,7-8,10-11,17,24H,6,9,12-14H2/t17-/m1/s1. The molecule has 1 saturated heterocycles. The summed E-state index contributed by atoms with van der Waals surface area (Å²) in [4.78, 5) is 11.1. The number of rotatable bonds is 5. The second kappa shape index (κ2) is 7.17. The Balaban J connectivity index is 1.45. The van der Waals surface area contributed by atoms with Gasteiger partial charge in [-0.1, -0.05) is 0 Å². The Bertz CT molecular complexity index is 832. The fourth-order valence-electron chi connectivity index (χ4n) is 3.43. The van der Waals surface area contributed by atoms with Crippen molar-refractivity contribution in [2.24, 2.45) is 0 Å². The minimum absolute atomic E-state index is 0.0449. The van der Waals surface area contributed by atoms with E-state index in [0.717, 1.165) is 43.1 Å². The van der Waals surface area contributed by atoms with Gasteiger partial charge in [-0.15, -0.1) is 0 Å². The maximum absolute atomic E-state index is 9.10. The summed E-state index contributed by atoms with van der Waals surface area (Å²) in [5.74, 6) is 2.04. The minimum atomic E-state index is -0.0449. The van der Waals surface area contributed by atoms with Gasteiger partial charge < -0.3 is 9.52 Å². The van der Waals surface area contributed by atoms with Gasteiger partial charge in [0.05, 0.1) is 12.2 Å². The first kappa shape index (κ1) is 16.0. The Hall–Kier alpha value is -2.50. The Morgan fingerprint density at radius 3 is 2.88 bits per heavy atom. The predicted octanol–water partition coefficient (Wildman–Crippen LogP) is 3.22. The maximum atomic E-state index is 9.10. The number of likely N-dealkylation sites (tertiary alicyclic amines) is 1. The van der Waals surface area contributed by atoms with E-state index in [4.69, 9.17) is 9.52 Å². The molecular weight excluding hydrogens is 314 g/mol. The highest BCUT2D eigenvalue weighted by Gasteiger charge is 2.25. The average Bonchev–Trinajstić information content (AvgIpc) is 3.32. The van der Waals surface area contributed by atoms with Crippen LogP contribution in [0.4, 0.5) is 0 Å². The van der Waals surface area contributed by atoms with Crippen LogP contribution in [0.3, 0.4) is 0 Å². The highest BCUT2D eigenvalue weighted by molar-refractivity contribution is 5.58. The van der Waals surface area contributed by atoms with Crippen molar-refractivity contribution in [1.82, 2.24) is 14.9 Å². The third-order valence-corrected chi connectivity index (χ3v) is 4.74. The maximum Gasteiger partial charge on any atom is 0.129 e. The molecule has 5 nitrogen and oxygen atoms in total. The van der Waals surface area contributed by atoms with Crippen LogP contribution in [0.25, 0.3) is 11.3 Å².